The highest BCUT2D eigenvalue weighted by molar-refractivity contribution is 5.76. The van der Waals surface area contributed by atoms with Gasteiger partial charge in [0.25, 0.3) is 5.56 Å². The van der Waals surface area contributed by atoms with Crippen LogP contribution in [-0.4, -0.2) is 58.1 Å². The summed E-state index contributed by atoms with van der Waals surface area (Å²) in [4.78, 5) is 37.4. The van der Waals surface area contributed by atoms with Crippen molar-refractivity contribution in [2.45, 2.75) is 25.5 Å². The zero-order chi connectivity index (χ0) is 18.6. The summed E-state index contributed by atoms with van der Waals surface area (Å²) >= 11 is 0. The van der Waals surface area contributed by atoms with Crippen LogP contribution in [0.4, 0.5) is 5.95 Å². The summed E-state index contributed by atoms with van der Waals surface area (Å²) < 4.78 is 7.28. The van der Waals surface area contributed by atoms with Gasteiger partial charge in [-0.05, 0) is 25.0 Å². The van der Waals surface area contributed by atoms with Crippen molar-refractivity contribution in [2.24, 2.45) is 0 Å². The first kappa shape index (κ1) is 17.7. The predicted octanol–water partition coefficient (Wildman–Crippen LogP) is 0.839. The summed E-state index contributed by atoms with van der Waals surface area (Å²) in [5.41, 5.74) is 0.614. The zero-order valence-corrected chi connectivity index (χ0v) is 15.2. The normalized spacial score (nSPS) is 20.1. The van der Waals surface area contributed by atoms with Crippen molar-refractivity contribution in [2.75, 3.05) is 37.7 Å². The van der Waals surface area contributed by atoms with E-state index < -0.39 is 0 Å². The second kappa shape index (κ2) is 7.87. The van der Waals surface area contributed by atoms with Crippen molar-refractivity contribution in [3.05, 3.63) is 52.7 Å². The third kappa shape index (κ3) is 4.00. The lowest BCUT2D eigenvalue weighted by molar-refractivity contribution is -0.139. The molecule has 0 saturated carbocycles. The van der Waals surface area contributed by atoms with Crippen LogP contribution in [0.3, 0.4) is 0 Å². The van der Waals surface area contributed by atoms with Gasteiger partial charge in [0.05, 0.1) is 18.8 Å². The van der Waals surface area contributed by atoms with Gasteiger partial charge in [0.2, 0.25) is 11.9 Å². The number of nitrogens with zero attached hydrogens (tertiary/aromatic N) is 5. The number of hydrogen-bond acceptors (Lipinski definition) is 6. The molecule has 0 bridgehead atoms. The van der Waals surface area contributed by atoms with Gasteiger partial charge >= 0.3 is 0 Å². The molecule has 4 heterocycles. The minimum Gasteiger partial charge on any atom is -0.368 e. The molecule has 0 unspecified atom stereocenters. The quantitative estimate of drug-likeness (QED) is 0.794. The molecular formula is C19H23N5O3. The number of hydrogen-bond donors (Lipinski definition) is 0. The number of anilines is 1. The van der Waals surface area contributed by atoms with E-state index in [9.17, 15) is 9.59 Å². The molecule has 0 radical (unpaired) electrons. The molecule has 142 valence electrons. The molecule has 2 fully saturated rings. The summed E-state index contributed by atoms with van der Waals surface area (Å²) in [6.45, 7) is 3.38. The molecule has 27 heavy (non-hydrogen) atoms. The van der Waals surface area contributed by atoms with E-state index in [0.29, 0.717) is 19.7 Å². The Morgan fingerprint density at radius 2 is 2.04 bits per heavy atom. The summed E-state index contributed by atoms with van der Waals surface area (Å²) in [7, 11) is 0. The molecule has 2 saturated heterocycles. The van der Waals surface area contributed by atoms with Crippen molar-refractivity contribution < 1.29 is 9.53 Å². The fraction of sp³-hybridized carbons (Fsp3) is 0.474. The van der Waals surface area contributed by atoms with Gasteiger partial charge in [0, 0.05) is 38.1 Å². The molecule has 4 rings (SSSR count). The highest BCUT2D eigenvalue weighted by atomic mass is 16.5. The van der Waals surface area contributed by atoms with Crippen molar-refractivity contribution >= 4 is 11.9 Å². The van der Waals surface area contributed by atoms with E-state index in [1.54, 1.807) is 29.4 Å². The molecule has 2 aromatic heterocycles. The number of pyridine rings is 1. The minimum atomic E-state index is -0.278. The van der Waals surface area contributed by atoms with Crippen molar-refractivity contribution in [3.8, 4) is 0 Å². The minimum absolute atomic E-state index is 0.0369. The van der Waals surface area contributed by atoms with Gasteiger partial charge in [-0.2, -0.15) is 0 Å². The second-order valence-corrected chi connectivity index (χ2v) is 6.84. The lowest BCUT2D eigenvalue weighted by Crippen LogP contribution is -2.44. The summed E-state index contributed by atoms with van der Waals surface area (Å²) in [6, 6.07) is 6.72. The third-order valence-electron chi connectivity index (χ3n) is 5.01. The molecule has 0 aliphatic carbocycles. The Hall–Kier alpha value is -2.74. The van der Waals surface area contributed by atoms with Gasteiger partial charge in [-0.15, -0.1) is 0 Å². The first-order chi connectivity index (χ1) is 13.2. The highest BCUT2D eigenvalue weighted by Crippen LogP contribution is 2.23. The Morgan fingerprint density at radius 3 is 2.85 bits per heavy atom. The van der Waals surface area contributed by atoms with E-state index in [2.05, 4.69) is 14.9 Å². The number of amides is 1. The van der Waals surface area contributed by atoms with Crippen molar-refractivity contribution in [3.63, 3.8) is 0 Å². The van der Waals surface area contributed by atoms with Gasteiger partial charge in [-0.25, -0.2) is 9.97 Å². The zero-order valence-electron chi connectivity index (χ0n) is 15.2. The highest BCUT2D eigenvalue weighted by Gasteiger charge is 2.27. The predicted molar refractivity (Wildman–Crippen MR) is 99.5 cm³/mol. The smallest absolute Gasteiger partial charge is 0.250 e. The number of aromatic nitrogens is 3. The van der Waals surface area contributed by atoms with Crippen LogP contribution in [0, 0.1) is 0 Å². The average molecular weight is 369 g/mol. The van der Waals surface area contributed by atoms with E-state index in [-0.39, 0.29) is 24.1 Å². The summed E-state index contributed by atoms with van der Waals surface area (Å²) in [5, 5.41) is 0. The van der Waals surface area contributed by atoms with Crippen LogP contribution in [0.25, 0.3) is 0 Å². The van der Waals surface area contributed by atoms with Crippen LogP contribution < -0.4 is 10.5 Å². The topological polar surface area (TPSA) is 80.6 Å². The number of carbonyl (C=O) groups is 1. The Labute approximate surface area is 157 Å². The number of carbonyl (C=O) groups excluding carboxylic acids is 1. The molecule has 0 N–H and O–H groups in total. The molecule has 0 aromatic carbocycles. The Bertz CT molecular complexity index is 862. The van der Waals surface area contributed by atoms with Crippen molar-refractivity contribution in [1.82, 2.24) is 19.4 Å². The van der Waals surface area contributed by atoms with Gasteiger partial charge in [0.1, 0.15) is 12.6 Å². The molecule has 8 heteroatoms. The Kier molecular flexibility index (Phi) is 5.15. The molecule has 1 atom stereocenters. The maximum Gasteiger partial charge on any atom is 0.250 e. The lowest BCUT2D eigenvalue weighted by Gasteiger charge is -2.33. The maximum absolute atomic E-state index is 12.6. The van der Waals surface area contributed by atoms with Crippen molar-refractivity contribution in [1.29, 1.82) is 0 Å². The molecule has 2 aromatic rings. The molecule has 2 aliphatic rings. The van der Waals surface area contributed by atoms with E-state index in [0.717, 1.165) is 37.6 Å². The first-order valence-electron chi connectivity index (χ1n) is 9.33. The fourth-order valence-electron chi connectivity index (χ4n) is 3.50. The SMILES string of the molecule is O=C(Cn1ccccc1=O)N1CCO[C@@H](c2ccnc(N3CCCC3)n2)C1. The second-order valence-electron chi connectivity index (χ2n) is 6.84. The van der Waals surface area contributed by atoms with Gasteiger partial charge in [-0.1, -0.05) is 6.07 Å². The van der Waals surface area contributed by atoms with Gasteiger partial charge in [-0.3, -0.25) is 9.59 Å². The monoisotopic (exact) mass is 369 g/mol. The number of morpholine rings is 1. The summed E-state index contributed by atoms with van der Waals surface area (Å²) in [5.74, 6) is 0.637. The molecule has 2 aliphatic heterocycles. The number of ether oxygens (including phenoxy) is 1. The van der Waals surface area contributed by atoms with Crippen LogP contribution in [0.5, 0.6) is 0 Å². The van der Waals surface area contributed by atoms with Crippen LogP contribution >= 0.6 is 0 Å². The molecule has 1 amide bonds. The average Bonchev–Trinajstić information content (AvgIpc) is 3.25. The van der Waals surface area contributed by atoms with Crippen LogP contribution in [0.15, 0.2) is 41.5 Å². The maximum atomic E-state index is 12.6. The van der Waals surface area contributed by atoms with E-state index in [1.807, 2.05) is 6.07 Å². The molecule has 8 nitrogen and oxygen atoms in total. The molecular weight excluding hydrogens is 346 g/mol. The van der Waals surface area contributed by atoms with Gasteiger partial charge < -0.3 is 19.1 Å². The first-order valence-corrected chi connectivity index (χ1v) is 9.33. The summed E-state index contributed by atoms with van der Waals surface area (Å²) in [6.07, 6.45) is 5.43. The van der Waals surface area contributed by atoms with E-state index in [4.69, 9.17) is 4.74 Å². The fourth-order valence-corrected chi connectivity index (χ4v) is 3.50. The molecule has 0 spiro atoms. The van der Waals surface area contributed by atoms with Gasteiger partial charge in [0.15, 0.2) is 0 Å². The van der Waals surface area contributed by atoms with E-state index in [1.165, 1.54) is 10.6 Å². The largest absolute Gasteiger partial charge is 0.368 e. The third-order valence-corrected chi connectivity index (χ3v) is 5.01. The van der Waals surface area contributed by atoms with E-state index >= 15 is 0 Å². The standard InChI is InChI=1S/C19H23N5O3/c25-17-5-1-2-10-23(17)14-18(26)24-11-12-27-16(13-24)15-6-7-20-19(21-15)22-8-3-4-9-22/h1-2,5-7,10,16H,3-4,8-9,11-14H2/t16-/m1/s1. The Morgan fingerprint density at radius 1 is 1.19 bits per heavy atom. The van der Waals surface area contributed by atoms with Crippen LogP contribution in [0.1, 0.15) is 24.6 Å². The lowest BCUT2D eigenvalue weighted by atomic mass is 10.2. The number of rotatable bonds is 4. The van der Waals surface area contributed by atoms with Crippen LogP contribution in [0.2, 0.25) is 0 Å². The van der Waals surface area contributed by atoms with Crippen LogP contribution in [-0.2, 0) is 16.1 Å². The Balaban J connectivity index is 1.45.